The van der Waals surface area contributed by atoms with Crippen molar-refractivity contribution in [3.05, 3.63) is 84.7 Å². The fraction of sp³-hybridized carbons (Fsp3) is 0.375. The number of hydrogen-bond acceptors (Lipinski definition) is 10. The van der Waals surface area contributed by atoms with E-state index in [4.69, 9.17) is 13.9 Å². The molecule has 4 aromatic rings. The minimum Gasteiger partial charge on any atom is -0.493 e. The number of nitrogens with zero attached hydrogens (tertiary/aromatic N) is 4. The summed E-state index contributed by atoms with van der Waals surface area (Å²) in [5.74, 6) is 0.491. The van der Waals surface area contributed by atoms with E-state index in [1.165, 1.54) is 17.9 Å². The molecule has 3 N–H and O–H groups in total. The number of benzene rings is 1. The minimum absolute atomic E-state index is 0.255. The van der Waals surface area contributed by atoms with Gasteiger partial charge in [0.25, 0.3) is 5.56 Å². The molecule has 1 aliphatic rings. The van der Waals surface area contributed by atoms with Crippen LogP contribution in [-0.4, -0.2) is 49.5 Å². The highest BCUT2D eigenvalue weighted by Gasteiger charge is 2.38. The zero-order valence-corrected chi connectivity index (χ0v) is 20.2. The summed E-state index contributed by atoms with van der Waals surface area (Å²) >= 11 is 0. The van der Waals surface area contributed by atoms with Crippen LogP contribution in [0.4, 0.5) is 0 Å². The molecule has 1 aromatic carbocycles. The van der Waals surface area contributed by atoms with Crippen LogP contribution in [0, 0.1) is 6.92 Å². The maximum atomic E-state index is 12.4. The molecule has 37 heavy (non-hydrogen) atoms. The number of aryl methyl sites for hydroxylation is 1. The van der Waals surface area contributed by atoms with Crippen LogP contribution < -0.4 is 26.9 Å². The van der Waals surface area contributed by atoms with Crippen molar-refractivity contribution in [3.8, 4) is 5.75 Å². The standard InChI is InChI=1S/C24H26N6O7/c1-13-10-29(24(34)26-22(13)32)20-7-17(19(12-31)36-20)30-11-16(27-28-30)9-25-8-15-6-14-4-3-5-18(35-2)21(14)37-23(15)33/h3-6,10-11,17,19-20,25,31H,7-9,12H2,1-2H3,(H,26,32,34)/t17-,19+,20+/m0/s1. The van der Waals surface area contributed by atoms with Crippen molar-refractivity contribution >= 4 is 11.0 Å². The van der Waals surface area contributed by atoms with Gasteiger partial charge in [0.1, 0.15) is 12.3 Å². The van der Waals surface area contributed by atoms with Gasteiger partial charge in [-0.1, -0.05) is 17.3 Å². The van der Waals surface area contributed by atoms with E-state index in [-0.39, 0.29) is 19.2 Å². The molecule has 13 nitrogen and oxygen atoms in total. The number of aromatic nitrogens is 5. The maximum Gasteiger partial charge on any atom is 0.340 e. The third kappa shape index (κ3) is 4.83. The van der Waals surface area contributed by atoms with Gasteiger partial charge in [0, 0.05) is 36.7 Å². The third-order valence-electron chi connectivity index (χ3n) is 6.38. The molecule has 4 heterocycles. The lowest BCUT2D eigenvalue weighted by atomic mass is 10.1. The summed E-state index contributed by atoms with van der Waals surface area (Å²) < 4.78 is 19.5. The first-order valence-corrected chi connectivity index (χ1v) is 11.7. The molecule has 3 aromatic heterocycles. The van der Waals surface area contributed by atoms with Crippen molar-refractivity contribution in [3.63, 3.8) is 0 Å². The van der Waals surface area contributed by atoms with Gasteiger partial charge in [-0.3, -0.25) is 14.3 Å². The molecule has 1 aliphatic heterocycles. The van der Waals surface area contributed by atoms with Crippen LogP contribution in [0.1, 0.15) is 35.5 Å². The second-order valence-corrected chi connectivity index (χ2v) is 8.82. The summed E-state index contributed by atoms with van der Waals surface area (Å²) in [7, 11) is 1.52. The van der Waals surface area contributed by atoms with Gasteiger partial charge >= 0.3 is 11.3 Å². The van der Waals surface area contributed by atoms with Gasteiger partial charge in [-0.15, -0.1) is 5.10 Å². The first-order chi connectivity index (χ1) is 17.9. The van der Waals surface area contributed by atoms with E-state index in [1.54, 1.807) is 29.9 Å². The highest BCUT2D eigenvalue weighted by molar-refractivity contribution is 5.82. The number of para-hydroxylation sites is 1. The van der Waals surface area contributed by atoms with E-state index in [1.807, 2.05) is 12.1 Å². The van der Waals surface area contributed by atoms with Gasteiger partial charge in [0.2, 0.25) is 0 Å². The van der Waals surface area contributed by atoms with Crippen LogP contribution >= 0.6 is 0 Å². The Bertz CT molecular complexity index is 1600. The molecule has 0 aliphatic carbocycles. The smallest absolute Gasteiger partial charge is 0.340 e. The SMILES string of the molecule is COc1cccc2cc(CNCc3cn([C@H]4C[C@H](n5cc(C)c(=O)[nH]c5=O)O[C@@H]4CO)nn3)c(=O)oc12. The van der Waals surface area contributed by atoms with Crippen LogP contribution in [0.2, 0.25) is 0 Å². The van der Waals surface area contributed by atoms with E-state index in [2.05, 4.69) is 20.6 Å². The number of hydrogen-bond donors (Lipinski definition) is 3. The predicted octanol–water partition coefficient (Wildman–Crippen LogP) is 0.362. The zero-order chi connectivity index (χ0) is 26.1. The lowest BCUT2D eigenvalue weighted by Gasteiger charge is -2.15. The summed E-state index contributed by atoms with van der Waals surface area (Å²) in [5.41, 5.74) is 0.353. The molecular formula is C24H26N6O7. The Morgan fingerprint density at radius 3 is 2.86 bits per heavy atom. The van der Waals surface area contributed by atoms with Crippen LogP contribution in [0.25, 0.3) is 11.0 Å². The number of methoxy groups -OCH3 is 1. The molecule has 3 atom stereocenters. The van der Waals surface area contributed by atoms with Gasteiger partial charge in [-0.05, 0) is 19.1 Å². The predicted molar refractivity (Wildman–Crippen MR) is 130 cm³/mol. The highest BCUT2D eigenvalue weighted by Crippen LogP contribution is 2.35. The van der Waals surface area contributed by atoms with Gasteiger partial charge in [-0.2, -0.15) is 0 Å². The summed E-state index contributed by atoms with van der Waals surface area (Å²) in [6.45, 7) is 1.90. The number of H-pyrrole nitrogens is 1. The van der Waals surface area contributed by atoms with Gasteiger partial charge < -0.3 is 24.3 Å². The van der Waals surface area contributed by atoms with Crippen molar-refractivity contribution in [1.29, 1.82) is 0 Å². The second-order valence-electron chi connectivity index (χ2n) is 8.82. The average molecular weight is 511 g/mol. The van der Waals surface area contributed by atoms with E-state index in [0.29, 0.717) is 41.1 Å². The molecule has 1 saturated heterocycles. The van der Waals surface area contributed by atoms with E-state index < -0.39 is 29.2 Å². The van der Waals surface area contributed by atoms with Gasteiger partial charge in [-0.25, -0.2) is 14.3 Å². The number of nitrogens with one attached hydrogen (secondary N) is 2. The quantitative estimate of drug-likeness (QED) is 0.282. The Morgan fingerprint density at radius 1 is 1.24 bits per heavy atom. The molecule has 0 spiro atoms. The monoisotopic (exact) mass is 510 g/mol. The van der Waals surface area contributed by atoms with Crippen LogP contribution in [-0.2, 0) is 17.8 Å². The van der Waals surface area contributed by atoms with Gasteiger partial charge in [0.15, 0.2) is 11.3 Å². The molecule has 13 heteroatoms. The van der Waals surface area contributed by atoms with E-state index in [0.717, 1.165) is 5.39 Å². The maximum absolute atomic E-state index is 12.4. The highest BCUT2D eigenvalue weighted by atomic mass is 16.5. The largest absolute Gasteiger partial charge is 0.493 e. The topological polar surface area (TPSA) is 166 Å². The number of aromatic amines is 1. The number of ether oxygens (including phenoxy) is 2. The van der Waals surface area contributed by atoms with E-state index >= 15 is 0 Å². The fourth-order valence-corrected chi connectivity index (χ4v) is 4.45. The Labute approximate surface area is 209 Å². The summed E-state index contributed by atoms with van der Waals surface area (Å²) in [6.07, 6.45) is 2.21. The van der Waals surface area contributed by atoms with Crippen LogP contribution in [0.5, 0.6) is 5.75 Å². The number of aliphatic hydroxyl groups excluding tert-OH is 1. The zero-order valence-electron chi connectivity index (χ0n) is 20.2. The molecule has 0 saturated carbocycles. The molecule has 0 bridgehead atoms. The average Bonchev–Trinajstić information content (AvgIpc) is 3.53. The lowest BCUT2D eigenvalue weighted by molar-refractivity contribution is -0.0323. The minimum atomic E-state index is -0.679. The second kappa shape index (κ2) is 10.1. The molecule has 0 unspecified atom stereocenters. The van der Waals surface area contributed by atoms with Gasteiger partial charge in [0.05, 0.1) is 37.2 Å². The molecule has 0 amide bonds. The molecule has 5 rings (SSSR count). The fourth-order valence-electron chi connectivity index (χ4n) is 4.45. The molecule has 194 valence electrons. The Morgan fingerprint density at radius 2 is 2.08 bits per heavy atom. The van der Waals surface area contributed by atoms with Crippen molar-refractivity contribution < 1.29 is 19.0 Å². The number of fused-ring (bicyclic) bond motifs is 1. The molecular weight excluding hydrogens is 484 g/mol. The Hall–Kier alpha value is -4.07. The van der Waals surface area contributed by atoms with Crippen molar-refractivity contribution in [2.45, 2.75) is 44.8 Å². The van der Waals surface area contributed by atoms with Crippen molar-refractivity contribution in [1.82, 2.24) is 29.9 Å². The lowest BCUT2D eigenvalue weighted by Crippen LogP contribution is -2.33. The number of aliphatic hydroxyl groups is 1. The molecule has 0 radical (unpaired) electrons. The molecule has 1 fully saturated rings. The van der Waals surface area contributed by atoms with Crippen molar-refractivity contribution in [2.75, 3.05) is 13.7 Å². The normalized spacial score (nSPS) is 19.5. The summed E-state index contributed by atoms with van der Waals surface area (Å²) in [6, 6.07) is 6.77. The first-order valence-electron chi connectivity index (χ1n) is 11.7. The number of rotatable bonds is 8. The Balaban J connectivity index is 1.26. The van der Waals surface area contributed by atoms with Crippen LogP contribution in [0.15, 0.2) is 55.5 Å². The van der Waals surface area contributed by atoms with Crippen LogP contribution in [0.3, 0.4) is 0 Å². The van der Waals surface area contributed by atoms with E-state index in [9.17, 15) is 19.5 Å². The van der Waals surface area contributed by atoms with Crippen molar-refractivity contribution in [2.24, 2.45) is 0 Å². The third-order valence-corrected chi connectivity index (χ3v) is 6.38. The summed E-state index contributed by atoms with van der Waals surface area (Å²) in [5, 5.41) is 22.1. The summed E-state index contributed by atoms with van der Waals surface area (Å²) in [4.78, 5) is 38.7. The first kappa shape index (κ1) is 24.6. The Kier molecular flexibility index (Phi) is 6.74.